The van der Waals surface area contributed by atoms with Gasteiger partial charge in [0, 0.05) is 18.8 Å². The molecule has 0 aromatic heterocycles. The van der Waals surface area contributed by atoms with Gasteiger partial charge in [0.25, 0.3) is 0 Å². The van der Waals surface area contributed by atoms with Crippen LogP contribution in [0.3, 0.4) is 0 Å². The maximum Gasteiger partial charge on any atom is 0.228 e. The number of benzene rings is 2. The topological polar surface area (TPSA) is 32.3 Å². The maximum atomic E-state index is 13.0. The SMILES string of the molecule is Cc1ccc(NC(=O)C2CCCN(Cc3ccc(F)cc3)C2)cc1. The van der Waals surface area contributed by atoms with Gasteiger partial charge in [-0.15, -0.1) is 0 Å². The predicted octanol–water partition coefficient (Wildman–Crippen LogP) is 3.98. The third-order valence-electron chi connectivity index (χ3n) is 4.51. The molecular formula is C20H23FN2O. The molecule has 0 spiro atoms. The van der Waals surface area contributed by atoms with Crippen LogP contribution in [0, 0.1) is 18.7 Å². The van der Waals surface area contributed by atoms with Crippen LogP contribution in [0.2, 0.25) is 0 Å². The highest BCUT2D eigenvalue weighted by Crippen LogP contribution is 2.21. The molecule has 0 aliphatic carbocycles. The lowest BCUT2D eigenvalue weighted by Gasteiger charge is -2.32. The molecule has 126 valence electrons. The van der Waals surface area contributed by atoms with Gasteiger partial charge in [0.15, 0.2) is 0 Å². The van der Waals surface area contributed by atoms with Crippen molar-refractivity contribution in [3.63, 3.8) is 0 Å². The molecule has 0 radical (unpaired) electrons. The number of halogens is 1. The fraction of sp³-hybridized carbons (Fsp3) is 0.350. The first kappa shape index (κ1) is 16.7. The molecule has 1 aliphatic heterocycles. The Kier molecular flexibility index (Phi) is 5.26. The standard InChI is InChI=1S/C20H23FN2O/c1-15-4-10-19(11-5-15)22-20(24)17-3-2-12-23(14-17)13-16-6-8-18(21)9-7-16/h4-11,17H,2-3,12-14H2,1H3,(H,22,24). The van der Waals surface area contributed by atoms with E-state index in [2.05, 4.69) is 10.2 Å². The molecule has 0 bridgehead atoms. The van der Waals surface area contributed by atoms with Crippen molar-refractivity contribution in [2.75, 3.05) is 18.4 Å². The van der Waals surface area contributed by atoms with Gasteiger partial charge >= 0.3 is 0 Å². The van der Waals surface area contributed by atoms with Crippen molar-refractivity contribution >= 4 is 11.6 Å². The molecule has 1 aliphatic rings. The van der Waals surface area contributed by atoms with Gasteiger partial charge in [-0.05, 0) is 56.1 Å². The fourth-order valence-electron chi connectivity index (χ4n) is 3.14. The molecule has 1 heterocycles. The number of nitrogens with one attached hydrogen (secondary N) is 1. The minimum absolute atomic E-state index is 0.000464. The predicted molar refractivity (Wildman–Crippen MR) is 94.2 cm³/mol. The van der Waals surface area contributed by atoms with Crippen molar-refractivity contribution in [1.82, 2.24) is 4.90 Å². The van der Waals surface area contributed by atoms with Gasteiger partial charge < -0.3 is 5.32 Å². The molecule has 1 fully saturated rings. The van der Waals surface area contributed by atoms with Gasteiger partial charge in [0.05, 0.1) is 5.92 Å². The van der Waals surface area contributed by atoms with Gasteiger partial charge in [-0.3, -0.25) is 9.69 Å². The number of aryl methyl sites for hydroxylation is 1. The minimum Gasteiger partial charge on any atom is -0.326 e. The second kappa shape index (κ2) is 7.58. The van der Waals surface area contributed by atoms with Crippen LogP contribution >= 0.6 is 0 Å². The van der Waals surface area contributed by atoms with Gasteiger partial charge in [-0.25, -0.2) is 4.39 Å². The van der Waals surface area contributed by atoms with E-state index in [0.717, 1.165) is 43.7 Å². The molecule has 1 atom stereocenters. The van der Waals surface area contributed by atoms with Crippen LogP contribution in [0.5, 0.6) is 0 Å². The van der Waals surface area contributed by atoms with Crippen LogP contribution in [0.15, 0.2) is 48.5 Å². The van der Waals surface area contributed by atoms with Crippen molar-refractivity contribution in [3.8, 4) is 0 Å². The van der Waals surface area contributed by atoms with E-state index in [9.17, 15) is 9.18 Å². The molecule has 0 saturated carbocycles. The molecule has 2 aromatic carbocycles. The zero-order valence-electron chi connectivity index (χ0n) is 14.0. The maximum absolute atomic E-state index is 13.0. The quantitative estimate of drug-likeness (QED) is 0.921. The second-order valence-electron chi connectivity index (χ2n) is 6.56. The van der Waals surface area contributed by atoms with Crippen LogP contribution in [-0.2, 0) is 11.3 Å². The van der Waals surface area contributed by atoms with Crippen molar-refractivity contribution in [2.24, 2.45) is 5.92 Å². The van der Waals surface area contributed by atoms with Crippen LogP contribution in [-0.4, -0.2) is 23.9 Å². The molecule has 3 rings (SSSR count). The van der Waals surface area contributed by atoms with Gasteiger partial charge in [-0.1, -0.05) is 29.8 Å². The average molecular weight is 326 g/mol. The number of nitrogens with zero attached hydrogens (tertiary/aromatic N) is 1. The Morgan fingerprint density at radius 1 is 1.17 bits per heavy atom. The van der Waals surface area contributed by atoms with Crippen molar-refractivity contribution in [2.45, 2.75) is 26.3 Å². The largest absolute Gasteiger partial charge is 0.326 e. The van der Waals surface area contributed by atoms with E-state index < -0.39 is 0 Å². The van der Waals surface area contributed by atoms with Crippen LogP contribution in [0.1, 0.15) is 24.0 Å². The summed E-state index contributed by atoms with van der Waals surface area (Å²) in [5.74, 6) is -0.129. The Morgan fingerprint density at radius 3 is 2.58 bits per heavy atom. The summed E-state index contributed by atoms with van der Waals surface area (Å²) in [6, 6.07) is 14.5. The van der Waals surface area contributed by atoms with E-state index in [4.69, 9.17) is 0 Å². The summed E-state index contributed by atoms with van der Waals surface area (Å²) in [6.45, 7) is 4.51. The number of rotatable bonds is 4. The molecule has 2 aromatic rings. The average Bonchev–Trinajstić information content (AvgIpc) is 2.59. The Labute approximate surface area is 142 Å². The zero-order valence-corrected chi connectivity index (χ0v) is 14.0. The van der Waals surface area contributed by atoms with Crippen molar-refractivity contribution in [3.05, 3.63) is 65.5 Å². The number of carbonyl (C=O) groups excluding carboxylic acids is 1. The van der Waals surface area contributed by atoms with E-state index in [0.29, 0.717) is 0 Å². The van der Waals surface area contributed by atoms with Gasteiger partial charge in [-0.2, -0.15) is 0 Å². The first-order chi connectivity index (χ1) is 11.6. The Balaban J connectivity index is 1.57. The highest BCUT2D eigenvalue weighted by molar-refractivity contribution is 5.92. The van der Waals surface area contributed by atoms with E-state index >= 15 is 0 Å². The number of amides is 1. The monoisotopic (exact) mass is 326 g/mol. The molecular weight excluding hydrogens is 303 g/mol. The van der Waals surface area contributed by atoms with Crippen LogP contribution in [0.25, 0.3) is 0 Å². The lowest BCUT2D eigenvalue weighted by Crippen LogP contribution is -2.40. The summed E-state index contributed by atoms with van der Waals surface area (Å²) >= 11 is 0. The van der Waals surface area contributed by atoms with E-state index in [-0.39, 0.29) is 17.6 Å². The fourth-order valence-corrected chi connectivity index (χ4v) is 3.14. The number of hydrogen-bond donors (Lipinski definition) is 1. The second-order valence-corrected chi connectivity index (χ2v) is 6.56. The number of anilines is 1. The van der Waals surface area contributed by atoms with Crippen LogP contribution < -0.4 is 5.32 Å². The molecule has 3 nitrogen and oxygen atoms in total. The van der Waals surface area contributed by atoms with Gasteiger partial charge in [0.1, 0.15) is 5.82 Å². The molecule has 1 amide bonds. The van der Waals surface area contributed by atoms with E-state index in [1.807, 2.05) is 43.3 Å². The lowest BCUT2D eigenvalue weighted by molar-refractivity contribution is -0.121. The summed E-state index contributed by atoms with van der Waals surface area (Å²) in [6.07, 6.45) is 1.92. The summed E-state index contributed by atoms with van der Waals surface area (Å²) in [5.41, 5.74) is 3.10. The van der Waals surface area contributed by atoms with E-state index in [1.54, 1.807) is 0 Å². The molecule has 1 saturated heterocycles. The normalized spacial score (nSPS) is 18.3. The Hall–Kier alpha value is -2.20. The first-order valence-electron chi connectivity index (χ1n) is 8.44. The lowest BCUT2D eigenvalue weighted by atomic mass is 9.96. The Bertz CT molecular complexity index is 682. The molecule has 24 heavy (non-hydrogen) atoms. The zero-order chi connectivity index (χ0) is 16.9. The van der Waals surface area contributed by atoms with Crippen molar-refractivity contribution < 1.29 is 9.18 Å². The summed E-state index contributed by atoms with van der Waals surface area (Å²) in [4.78, 5) is 14.8. The first-order valence-corrected chi connectivity index (χ1v) is 8.44. The summed E-state index contributed by atoms with van der Waals surface area (Å²) < 4.78 is 13.0. The summed E-state index contributed by atoms with van der Waals surface area (Å²) in [7, 11) is 0. The molecule has 1 unspecified atom stereocenters. The number of likely N-dealkylation sites (tertiary alicyclic amines) is 1. The summed E-state index contributed by atoms with van der Waals surface area (Å²) in [5, 5.41) is 3.02. The number of hydrogen-bond acceptors (Lipinski definition) is 2. The van der Waals surface area contributed by atoms with Crippen molar-refractivity contribution in [1.29, 1.82) is 0 Å². The number of carbonyl (C=O) groups is 1. The number of piperidine rings is 1. The van der Waals surface area contributed by atoms with E-state index in [1.165, 1.54) is 17.7 Å². The Morgan fingerprint density at radius 2 is 1.88 bits per heavy atom. The third-order valence-corrected chi connectivity index (χ3v) is 4.51. The molecule has 1 N–H and O–H groups in total. The third kappa shape index (κ3) is 4.42. The highest BCUT2D eigenvalue weighted by atomic mass is 19.1. The minimum atomic E-state index is -0.215. The smallest absolute Gasteiger partial charge is 0.228 e. The molecule has 4 heteroatoms. The highest BCUT2D eigenvalue weighted by Gasteiger charge is 2.25. The van der Waals surface area contributed by atoms with Crippen LogP contribution in [0.4, 0.5) is 10.1 Å². The van der Waals surface area contributed by atoms with Gasteiger partial charge in [0.2, 0.25) is 5.91 Å².